The Morgan fingerprint density at radius 1 is 1.25 bits per heavy atom. The van der Waals surface area contributed by atoms with Crippen molar-refractivity contribution in [2.75, 3.05) is 13.6 Å². The highest BCUT2D eigenvalue weighted by Crippen LogP contribution is 2.33. The van der Waals surface area contributed by atoms with Crippen molar-refractivity contribution in [2.45, 2.75) is 12.6 Å². The van der Waals surface area contributed by atoms with E-state index >= 15 is 0 Å². The molecule has 0 fully saturated rings. The number of likely N-dealkylation sites (N-methyl/N-ethyl adjacent to an activating group) is 1. The van der Waals surface area contributed by atoms with Gasteiger partial charge in [0.05, 0.1) is 6.04 Å². The molecule has 0 saturated carbocycles. The van der Waals surface area contributed by atoms with Crippen LogP contribution >= 0.6 is 0 Å². The summed E-state index contributed by atoms with van der Waals surface area (Å²) in [5, 5.41) is 17.4. The highest BCUT2D eigenvalue weighted by atomic mass is 19.1. The van der Waals surface area contributed by atoms with E-state index < -0.39 is 29.3 Å². The quantitative estimate of drug-likeness (QED) is 0.556. The molecule has 1 atom stereocenters. The van der Waals surface area contributed by atoms with Gasteiger partial charge in [-0.1, -0.05) is 36.4 Å². The number of hydrogen-bond donors (Lipinski definition) is 3. The number of rotatable bonds is 5. The number of carbonyl (C=O) groups excluding carboxylic acids is 3. The molecule has 0 aliphatic carbocycles. The molecule has 1 aliphatic heterocycles. The Morgan fingerprint density at radius 2 is 1.97 bits per heavy atom. The fourth-order valence-electron chi connectivity index (χ4n) is 3.72. The van der Waals surface area contributed by atoms with Gasteiger partial charge in [-0.3, -0.25) is 14.4 Å². The third kappa shape index (κ3) is 3.66. The number of aromatic nitrogens is 2. The van der Waals surface area contributed by atoms with Crippen molar-refractivity contribution in [3.05, 3.63) is 82.4 Å². The van der Waals surface area contributed by atoms with Crippen molar-refractivity contribution in [2.24, 2.45) is 5.73 Å². The number of aromatic hydroxyl groups is 1. The van der Waals surface area contributed by atoms with Crippen LogP contribution in [0.4, 0.5) is 4.39 Å². The molecule has 10 heteroatoms. The molecule has 0 spiro atoms. The summed E-state index contributed by atoms with van der Waals surface area (Å²) in [6.45, 7) is 0.157. The first-order chi connectivity index (χ1) is 15.3. The Morgan fingerprint density at radius 3 is 2.66 bits per heavy atom. The highest BCUT2D eigenvalue weighted by Gasteiger charge is 2.37. The Kier molecular flexibility index (Phi) is 5.35. The van der Waals surface area contributed by atoms with Gasteiger partial charge in [-0.25, -0.2) is 9.07 Å². The summed E-state index contributed by atoms with van der Waals surface area (Å²) in [4.78, 5) is 38.5. The summed E-state index contributed by atoms with van der Waals surface area (Å²) in [6.07, 6.45) is 0. The summed E-state index contributed by atoms with van der Waals surface area (Å²) in [5.41, 5.74) is 5.95. The number of amides is 3. The van der Waals surface area contributed by atoms with E-state index in [1.54, 1.807) is 7.05 Å². The molecule has 2 aromatic carbocycles. The molecule has 3 amide bonds. The lowest BCUT2D eigenvalue weighted by Crippen LogP contribution is -2.41. The van der Waals surface area contributed by atoms with Gasteiger partial charge in [0, 0.05) is 25.7 Å². The third-order valence-electron chi connectivity index (χ3n) is 5.35. The van der Waals surface area contributed by atoms with Crippen molar-refractivity contribution in [1.29, 1.82) is 0 Å². The number of halogens is 1. The lowest BCUT2D eigenvalue weighted by atomic mass is 10.0. The molecule has 32 heavy (non-hydrogen) atoms. The van der Waals surface area contributed by atoms with Crippen LogP contribution in [0.15, 0.2) is 48.5 Å². The molecule has 3 aromatic rings. The molecule has 4 N–H and O–H groups in total. The normalized spacial score (nSPS) is 15.4. The zero-order valence-corrected chi connectivity index (χ0v) is 17.1. The van der Waals surface area contributed by atoms with E-state index in [9.17, 15) is 23.9 Å². The Balaban J connectivity index is 1.65. The van der Waals surface area contributed by atoms with E-state index in [2.05, 4.69) is 10.4 Å². The van der Waals surface area contributed by atoms with Crippen LogP contribution in [0.5, 0.6) is 5.75 Å². The topological polar surface area (TPSA) is 131 Å². The molecule has 4 rings (SSSR count). The zero-order chi connectivity index (χ0) is 23.0. The lowest BCUT2D eigenvalue weighted by molar-refractivity contribution is 0.0719. The van der Waals surface area contributed by atoms with Gasteiger partial charge in [0.25, 0.3) is 11.8 Å². The highest BCUT2D eigenvalue weighted by molar-refractivity contribution is 6.02. The minimum absolute atomic E-state index is 0.0698. The maximum atomic E-state index is 13.4. The van der Waals surface area contributed by atoms with Crippen LogP contribution in [0.3, 0.4) is 0 Å². The van der Waals surface area contributed by atoms with Crippen molar-refractivity contribution in [1.82, 2.24) is 20.0 Å². The number of nitrogens with two attached hydrogens (primary N) is 1. The van der Waals surface area contributed by atoms with Gasteiger partial charge in [0.1, 0.15) is 5.82 Å². The van der Waals surface area contributed by atoms with Gasteiger partial charge in [-0.05, 0) is 23.3 Å². The number of nitrogens with zero attached hydrogens (tertiary/aromatic N) is 3. The molecule has 0 bridgehead atoms. The first-order valence-corrected chi connectivity index (χ1v) is 9.76. The number of carbonyl (C=O) groups is 3. The summed E-state index contributed by atoms with van der Waals surface area (Å²) < 4.78 is 14.8. The molecule has 9 nitrogen and oxygen atoms in total. The lowest BCUT2D eigenvalue weighted by Gasteiger charge is -2.31. The molecule has 1 unspecified atom stereocenters. The zero-order valence-electron chi connectivity index (χ0n) is 17.1. The molecule has 0 radical (unpaired) electrons. The molecule has 2 heterocycles. The molecule has 1 aliphatic rings. The summed E-state index contributed by atoms with van der Waals surface area (Å²) in [5.74, 6) is -3.23. The van der Waals surface area contributed by atoms with E-state index in [0.29, 0.717) is 12.1 Å². The summed E-state index contributed by atoms with van der Waals surface area (Å²) in [6, 6.07) is 12.4. The van der Waals surface area contributed by atoms with Gasteiger partial charge in [-0.2, -0.15) is 5.10 Å². The van der Waals surface area contributed by atoms with Crippen LogP contribution in [-0.2, 0) is 6.54 Å². The average Bonchev–Trinajstić information content (AvgIpc) is 3.13. The van der Waals surface area contributed by atoms with Crippen LogP contribution in [0, 0.1) is 5.82 Å². The smallest absolute Gasteiger partial charge is 0.275 e. The number of primary amides is 1. The summed E-state index contributed by atoms with van der Waals surface area (Å²) in [7, 11) is 1.61. The molecular formula is C22H20FN5O4. The molecule has 0 saturated heterocycles. The van der Waals surface area contributed by atoms with Crippen molar-refractivity contribution in [3.8, 4) is 5.75 Å². The minimum atomic E-state index is -0.839. The van der Waals surface area contributed by atoms with Crippen molar-refractivity contribution in [3.63, 3.8) is 0 Å². The van der Waals surface area contributed by atoms with Crippen molar-refractivity contribution < 1.29 is 23.9 Å². The number of fused-ring (bicyclic) bond motifs is 1. The van der Waals surface area contributed by atoms with Gasteiger partial charge >= 0.3 is 0 Å². The van der Waals surface area contributed by atoms with E-state index in [1.165, 1.54) is 15.6 Å². The van der Waals surface area contributed by atoms with E-state index in [1.807, 2.05) is 30.3 Å². The molecule has 164 valence electrons. The van der Waals surface area contributed by atoms with Gasteiger partial charge in [-0.15, -0.1) is 0 Å². The fourth-order valence-corrected chi connectivity index (χ4v) is 3.72. The maximum Gasteiger partial charge on any atom is 0.275 e. The second-order valence-electron chi connectivity index (χ2n) is 7.45. The van der Waals surface area contributed by atoms with Gasteiger partial charge in [0.2, 0.25) is 5.91 Å². The average molecular weight is 437 g/mol. The first kappa shape index (κ1) is 21.0. The van der Waals surface area contributed by atoms with Crippen LogP contribution in [-0.4, -0.2) is 51.1 Å². The Bertz CT molecular complexity index is 1220. The SMILES string of the molecule is CN1CC(c2ccccc2)n2nc(C(=O)NCc3ccc(F)cc3C(N)=O)c(O)c2C1=O. The predicted octanol–water partition coefficient (Wildman–Crippen LogP) is 1.43. The number of benzene rings is 2. The van der Waals surface area contributed by atoms with E-state index in [-0.39, 0.29) is 29.5 Å². The molecular weight excluding hydrogens is 417 g/mol. The summed E-state index contributed by atoms with van der Waals surface area (Å²) >= 11 is 0. The molecule has 1 aromatic heterocycles. The number of hydrogen-bond acceptors (Lipinski definition) is 5. The fraction of sp³-hybridized carbons (Fsp3) is 0.182. The van der Waals surface area contributed by atoms with E-state index in [4.69, 9.17) is 5.73 Å². The first-order valence-electron chi connectivity index (χ1n) is 9.76. The van der Waals surface area contributed by atoms with E-state index in [0.717, 1.165) is 17.7 Å². The predicted molar refractivity (Wildman–Crippen MR) is 112 cm³/mol. The van der Waals surface area contributed by atoms with Crippen LogP contribution in [0.25, 0.3) is 0 Å². The Hall–Kier alpha value is -4.21. The standard InChI is InChI=1S/C22H20FN5O4/c1-27-11-16(12-5-3-2-4-6-12)28-18(22(27)32)19(29)17(26-28)21(31)25-10-13-7-8-14(23)9-15(13)20(24)30/h2-9,16,29H,10-11H2,1H3,(H2,24,30)(H,25,31). The maximum absolute atomic E-state index is 13.4. The van der Waals surface area contributed by atoms with Crippen LogP contribution in [0.2, 0.25) is 0 Å². The third-order valence-corrected chi connectivity index (χ3v) is 5.35. The second-order valence-corrected chi connectivity index (χ2v) is 7.45. The van der Waals surface area contributed by atoms with Crippen molar-refractivity contribution >= 4 is 17.7 Å². The number of nitrogens with one attached hydrogen (secondary N) is 1. The van der Waals surface area contributed by atoms with Gasteiger partial charge < -0.3 is 21.1 Å². The van der Waals surface area contributed by atoms with Crippen LogP contribution < -0.4 is 11.1 Å². The van der Waals surface area contributed by atoms with Crippen LogP contribution in [0.1, 0.15) is 48.5 Å². The minimum Gasteiger partial charge on any atom is -0.504 e. The van der Waals surface area contributed by atoms with Gasteiger partial charge in [0.15, 0.2) is 17.1 Å². The monoisotopic (exact) mass is 437 g/mol. The second kappa shape index (κ2) is 8.14. The largest absolute Gasteiger partial charge is 0.504 e. The Labute approximate surface area is 182 Å².